The number of pyridine rings is 1. The highest BCUT2D eigenvalue weighted by Crippen LogP contribution is 1.98. The Bertz CT molecular complexity index is 317. The van der Waals surface area contributed by atoms with E-state index in [1.807, 2.05) is 25.3 Å². The monoisotopic (exact) mass is 254 g/mol. The van der Waals surface area contributed by atoms with Crippen LogP contribution in [0.15, 0.2) is 18.3 Å². The molecule has 102 valence electrons. The molecule has 0 amide bonds. The molecule has 5 nitrogen and oxygen atoms in total. The van der Waals surface area contributed by atoms with Gasteiger partial charge in [-0.05, 0) is 18.6 Å². The summed E-state index contributed by atoms with van der Waals surface area (Å²) < 4.78 is 10.1. The normalized spacial score (nSPS) is 12.6. The Labute approximate surface area is 108 Å². The van der Waals surface area contributed by atoms with Crippen molar-refractivity contribution in [3.8, 4) is 0 Å². The van der Waals surface area contributed by atoms with Crippen molar-refractivity contribution in [3.63, 3.8) is 0 Å². The Hall–Kier alpha value is -1.01. The van der Waals surface area contributed by atoms with Gasteiger partial charge in [-0.15, -0.1) is 0 Å². The third kappa shape index (κ3) is 6.66. The lowest BCUT2D eigenvalue weighted by Gasteiger charge is -2.12. The van der Waals surface area contributed by atoms with Gasteiger partial charge in [0.15, 0.2) is 0 Å². The van der Waals surface area contributed by atoms with Crippen molar-refractivity contribution in [1.82, 2.24) is 10.3 Å². The van der Waals surface area contributed by atoms with Gasteiger partial charge in [0.25, 0.3) is 0 Å². The molecule has 1 aromatic rings. The third-order valence-electron chi connectivity index (χ3n) is 2.42. The zero-order valence-corrected chi connectivity index (χ0v) is 11.1. The number of hydrogen-bond acceptors (Lipinski definition) is 5. The van der Waals surface area contributed by atoms with Crippen LogP contribution in [-0.2, 0) is 16.0 Å². The molecule has 0 aliphatic rings. The number of aliphatic hydroxyl groups is 1. The molecule has 0 fully saturated rings. The van der Waals surface area contributed by atoms with Crippen LogP contribution in [0.3, 0.4) is 0 Å². The summed E-state index contributed by atoms with van der Waals surface area (Å²) in [5.41, 5.74) is 2.11. The van der Waals surface area contributed by atoms with E-state index in [0.717, 1.165) is 11.3 Å². The molecule has 0 spiro atoms. The summed E-state index contributed by atoms with van der Waals surface area (Å²) in [5, 5.41) is 12.8. The number of ether oxygens (including phenoxy) is 2. The standard InChI is InChI=1S/C13H22N2O3/c1-11-3-4-12(8-15-11)7-14-9-13(16)10-18-6-5-17-2/h3-4,8,13-14,16H,5-7,9-10H2,1-2H3. The first kappa shape index (κ1) is 15.0. The van der Waals surface area contributed by atoms with E-state index in [1.54, 1.807) is 7.11 Å². The summed E-state index contributed by atoms with van der Waals surface area (Å²) in [6.07, 6.45) is 1.34. The highest BCUT2D eigenvalue weighted by Gasteiger charge is 2.03. The highest BCUT2D eigenvalue weighted by atomic mass is 16.5. The first-order valence-corrected chi connectivity index (χ1v) is 6.09. The number of methoxy groups -OCH3 is 1. The fraction of sp³-hybridized carbons (Fsp3) is 0.615. The fourth-order valence-electron chi connectivity index (χ4n) is 1.41. The van der Waals surface area contributed by atoms with Crippen LogP contribution in [0.2, 0.25) is 0 Å². The van der Waals surface area contributed by atoms with Crippen LogP contribution >= 0.6 is 0 Å². The summed E-state index contributed by atoms with van der Waals surface area (Å²) in [6, 6.07) is 4.00. The van der Waals surface area contributed by atoms with Gasteiger partial charge in [-0.3, -0.25) is 4.98 Å². The first-order chi connectivity index (χ1) is 8.72. The first-order valence-electron chi connectivity index (χ1n) is 6.09. The van der Waals surface area contributed by atoms with Crippen LogP contribution in [-0.4, -0.2) is 49.7 Å². The summed E-state index contributed by atoms with van der Waals surface area (Å²) in [6.45, 7) is 4.54. The van der Waals surface area contributed by atoms with Gasteiger partial charge in [-0.2, -0.15) is 0 Å². The third-order valence-corrected chi connectivity index (χ3v) is 2.42. The summed E-state index contributed by atoms with van der Waals surface area (Å²) in [4.78, 5) is 4.21. The van der Waals surface area contributed by atoms with Gasteiger partial charge in [0.05, 0.1) is 25.9 Å². The van der Waals surface area contributed by atoms with E-state index in [1.165, 1.54) is 0 Å². The van der Waals surface area contributed by atoms with Crippen LogP contribution in [0, 0.1) is 6.92 Å². The molecular formula is C13H22N2O3. The molecule has 0 aliphatic heterocycles. The molecule has 0 saturated heterocycles. The highest BCUT2D eigenvalue weighted by molar-refractivity contribution is 5.12. The maximum Gasteiger partial charge on any atom is 0.0897 e. The van der Waals surface area contributed by atoms with Crippen molar-refractivity contribution in [1.29, 1.82) is 0 Å². The van der Waals surface area contributed by atoms with Crippen molar-refractivity contribution in [2.45, 2.75) is 19.6 Å². The van der Waals surface area contributed by atoms with E-state index in [0.29, 0.717) is 32.9 Å². The van der Waals surface area contributed by atoms with E-state index in [-0.39, 0.29) is 0 Å². The van der Waals surface area contributed by atoms with Crippen LogP contribution < -0.4 is 5.32 Å². The Morgan fingerprint density at radius 3 is 2.89 bits per heavy atom. The number of hydrogen-bond donors (Lipinski definition) is 2. The topological polar surface area (TPSA) is 63.6 Å². The van der Waals surface area contributed by atoms with Gasteiger partial charge in [0.2, 0.25) is 0 Å². The molecule has 0 aliphatic carbocycles. The number of aryl methyl sites for hydroxylation is 1. The second-order valence-electron chi connectivity index (χ2n) is 4.16. The summed E-state index contributed by atoms with van der Waals surface area (Å²) in [5.74, 6) is 0. The molecule has 2 N–H and O–H groups in total. The van der Waals surface area contributed by atoms with Gasteiger partial charge >= 0.3 is 0 Å². The Morgan fingerprint density at radius 2 is 2.22 bits per heavy atom. The minimum atomic E-state index is -0.500. The van der Waals surface area contributed by atoms with Crippen molar-refractivity contribution in [2.24, 2.45) is 0 Å². The fourth-order valence-corrected chi connectivity index (χ4v) is 1.41. The Balaban J connectivity index is 2.07. The number of rotatable bonds is 9. The molecular weight excluding hydrogens is 232 g/mol. The Morgan fingerprint density at radius 1 is 1.39 bits per heavy atom. The van der Waals surface area contributed by atoms with Crippen molar-refractivity contribution < 1.29 is 14.6 Å². The van der Waals surface area contributed by atoms with Gasteiger partial charge in [-0.1, -0.05) is 6.07 Å². The van der Waals surface area contributed by atoms with Crippen LogP contribution in [0.25, 0.3) is 0 Å². The second-order valence-corrected chi connectivity index (χ2v) is 4.16. The van der Waals surface area contributed by atoms with Gasteiger partial charge < -0.3 is 19.9 Å². The number of nitrogens with one attached hydrogen (secondary N) is 1. The predicted octanol–water partition coefficient (Wildman–Crippen LogP) is 0.504. The van der Waals surface area contributed by atoms with E-state index in [9.17, 15) is 5.11 Å². The van der Waals surface area contributed by atoms with Crippen LogP contribution in [0.5, 0.6) is 0 Å². The molecule has 0 bridgehead atoms. The van der Waals surface area contributed by atoms with Crippen molar-refractivity contribution in [3.05, 3.63) is 29.6 Å². The predicted molar refractivity (Wildman–Crippen MR) is 69.4 cm³/mol. The maximum atomic E-state index is 9.63. The zero-order valence-electron chi connectivity index (χ0n) is 11.1. The molecule has 0 radical (unpaired) electrons. The molecule has 18 heavy (non-hydrogen) atoms. The maximum absolute atomic E-state index is 9.63. The lowest BCUT2D eigenvalue weighted by Crippen LogP contribution is -2.30. The lowest BCUT2D eigenvalue weighted by atomic mass is 10.2. The van der Waals surface area contributed by atoms with E-state index < -0.39 is 6.10 Å². The largest absolute Gasteiger partial charge is 0.389 e. The average Bonchev–Trinajstić information content (AvgIpc) is 2.37. The molecule has 5 heteroatoms. The molecule has 1 unspecified atom stereocenters. The summed E-state index contributed by atoms with van der Waals surface area (Å²) >= 11 is 0. The molecule has 0 aromatic carbocycles. The number of aromatic nitrogens is 1. The molecule has 1 rings (SSSR count). The number of nitrogens with zero attached hydrogens (tertiary/aromatic N) is 1. The van der Waals surface area contributed by atoms with Gasteiger partial charge in [0.1, 0.15) is 0 Å². The van der Waals surface area contributed by atoms with E-state index >= 15 is 0 Å². The average molecular weight is 254 g/mol. The van der Waals surface area contributed by atoms with Gasteiger partial charge in [-0.25, -0.2) is 0 Å². The minimum absolute atomic E-state index is 0.322. The Kier molecular flexibility index (Phi) is 7.52. The zero-order chi connectivity index (χ0) is 13.2. The smallest absolute Gasteiger partial charge is 0.0897 e. The van der Waals surface area contributed by atoms with Crippen LogP contribution in [0.1, 0.15) is 11.3 Å². The van der Waals surface area contributed by atoms with Crippen LogP contribution in [0.4, 0.5) is 0 Å². The quantitative estimate of drug-likeness (QED) is 0.628. The van der Waals surface area contributed by atoms with Gasteiger partial charge in [0, 0.05) is 32.1 Å². The lowest BCUT2D eigenvalue weighted by molar-refractivity contribution is 0.0137. The second kappa shape index (κ2) is 8.99. The van der Waals surface area contributed by atoms with Crippen molar-refractivity contribution >= 4 is 0 Å². The summed E-state index contributed by atoms with van der Waals surface area (Å²) in [7, 11) is 1.62. The van der Waals surface area contributed by atoms with E-state index in [4.69, 9.17) is 9.47 Å². The molecule has 1 aromatic heterocycles. The number of aliphatic hydroxyl groups excluding tert-OH is 1. The van der Waals surface area contributed by atoms with E-state index in [2.05, 4.69) is 10.3 Å². The molecule has 1 atom stereocenters. The van der Waals surface area contributed by atoms with Crippen molar-refractivity contribution in [2.75, 3.05) is 33.5 Å². The SMILES string of the molecule is COCCOCC(O)CNCc1ccc(C)nc1. The molecule has 1 heterocycles. The molecule has 0 saturated carbocycles. The minimum Gasteiger partial charge on any atom is -0.389 e.